The van der Waals surface area contributed by atoms with Gasteiger partial charge in [-0.25, -0.2) is 14.8 Å². The van der Waals surface area contributed by atoms with Crippen LogP contribution >= 0.6 is 0 Å². The molecule has 0 unspecified atom stereocenters. The van der Waals surface area contributed by atoms with Crippen LogP contribution in [0.25, 0.3) is 0 Å². The summed E-state index contributed by atoms with van der Waals surface area (Å²) in [6.45, 7) is 6.46. The van der Waals surface area contributed by atoms with E-state index in [1.807, 2.05) is 20.8 Å². The van der Waals surface area contributed by atoms with Crippen LogP contribution in [0.3, 0.4) is 0 Å². The van der Waals surface area contributed by atoms with Crippen LogP contribution in [0.5, 0.6) is 0 Å². The second-order valence-electron chi connectivity index (χ2n) is 3.48. The Morgan fingerprint density at radius 2 is 2.27 bits per heavy atom. The zero-order valence-corrected chi connectivity index (χ0v) is 9.11. The number of nitrogens with zero attached hydrogens (tertiary/aromatic N) is 2. The molecular weight excluding hydrogens is 194 g/mol. The minimum atomic E-state index is -0.984. The van der Waals surface area contributed by atoms with Gasteiger partial charge in [0.05, 0.1) is 11.3 Å². The topological polar surface area (TPSA) is 75.1 Å². The summed E-state index contributed by atoms with van der Waals surface area (Å²) in [5.41, 5.74) is 0.736. The molecule has 0 fully saturated rings. The molecule has 0 spiro atoms. The van der Waals surface area contributed by atoms with Crippen molar-refractivity contribution in [3.8, 4) is 0 Å². The molecule has 0 aliphatic heterocycles. The van der Waals surface area contributed by atoms with Crippen LogP contribution in [-0.4, -0.2) is 27.6 Å². The highest BCUT2D eigenvalue weighted by atomic mass is 16.4. The van der Waals surface area contributed by atoms with Gasteiger partial charge in [-0.2, -0.15) is 0 Å². The summed E-state index contributed by atoms with van der Waals surface area (Å²) in [5, 5.41) is 11.9. The lowest BCUT2D eigenvalue weighted by atomic mass is 10.1. The fourth-order valence-corrected chi connectivity index (χ4v) is 1.24. The Labute approximate surface area is 88.6 Å². The van der Waals surface area contributed by atoms with Crippen molar-refractivity contribution in [1.29, 1.82) is 0 Å². The number of anilines is 1. The van der Waals surface area contributed by atoms with Gasteiger partial charge in [0.2, 0.25) is 5.95 Å². The van der Waals surface area contributed by atoms with Crippen LogP contribution in [0.15, 0.2) is 6.20 Å². The molecule has 2 N–H and O–H groups in total. The Morgan fingerprint density at radius 3 is 2.73 bits per heavy atom. The van der Waals surface area contributed by atoms with E-state index in [1.165, 1.54) is 6.20 Å². The second-order valence-corrected chi connectivity index (χ2v) is 3.48. The van der Waals surface area contributed by atoms with Gasteiger partial charge in [-0.3, -0.25) is 0 Å². The summed E-state index contributed by atoms with van der Waals surface area (Å²) in [4.78, 5) is 19.0. The quantitative estimate of drug-likeness (QED) is 0.789. The zero-order valence-electron chi connectivity index (χ0n) is 9.11. The highest BCUT2D eigenvalue weighted by Crippen LogP contribution is 2.17. The highest BCUT2D eigenvalue weighted by molar-refractivity contribution is 5.88. The maximum absolute atomic E-state index is 10.9. The highest BCUT2D eigenvalue weighted by Gasteiger charge is 2.15. The third-order valence-corrected chi connectivity index (χ3v) is 1.93. The molecule has 0 amide bonds. The number of hydrogen-bond donors (Lipinski definition) is 2. The lowest BCUT2D eigenvalue weighted by Gasteiger charge is -2.10. The minimum Gasteiger partial charge on any atom is -0.478 e. The van der Waals surface area contributed by atoms with E-state index >= 15 is 0 Å². The van der Waals surface area contributed by atoms with E-state index in [2.05, 4.69) is 15.3 Å². The third-order valence-electron chi connectivity index (χ3n) is 1.93. The molecule has 1 heterocycles. The van der Waals surface area contributed by atoms with E-state index in [4.69, 9.17) is 5.11 Å². The van der Waals surface area contributed by atoms with E-state index in [-0.39, 0.29) is 11.5 Å². The molecule has 0 radical (unpaired) electrons. The van der Waals surface area contributed by atoms with Gasteiger partial charge < -0.3 is 10.4 Å². The Bertz CT molecular complexity index is 364. The molecule has 0 aromatic carbocycles. The summed E-state index contributed by atoms with van der Waals surface area (Å²) >= 11 is 0. The number of carboxylic acids is 1. The van der Waals surface area contributed by atoms with Crippen molar-refractivity contribution in [3.63, 3.8) is 0 Å². The van der Waals surface area contributed by atoms with Gasteiger partial charge >= 0.3 is 5.97 Å². The van der Waals surface area contributed by atoms with Crippen LogP contribution in [0.2, 0.25) is 0 Å². The van der Waals surface area contributed by atoms with E-state index in [9.17, 15) is 4.79 Å². The van der Waals surface area contributed by atoms with Gasteiger partial charge in [0.25, 0.3) is 0 Å². The number of nitrogens with one attached hydrogen (secondary N) is 1. The Morgan fingerprint density at radius 1 is 1.60 bits per heavy atom. The summed E-state index contributed by atoms with van der Waals surface area (Å²) in [5.74, 6) is -0.440. The molecule has 0 atom stereocenters. The molecule has 0 saturated carbocycles. The molecule has 0 saturated heterocycles. The smallest absolute Gasteiger partial charge is 0.339 e. The van der Waals surface area contributed by atoms with Crippen molar-refractivity contribution < 1.29 is 9.90 Å². The number of carbonyl (C=O) groups is 1. The van der Waals surface area contributed by atoms with Gasteiger partial charge in [-0.1, -0.05) is 13.8 Å². The molecule has 5 nitrogen and oxygen atoms in total. The fourth-order valence-electron chi connectivity index (χ4n) is 1.24. The summed E-state index contributed by atoms with van der Waals surface area (Å²) < 4.78 is 0. The molecule has 0 bridgehead atoms. The standard InChI is InChI=1S/C10H15N3O2/c1-4-11-10-12-5-7(9(14)15)8(13-10)6(2)3/h5-6H,4H2,1-3H3,(H,14,15)(H,11,12,13). The first-order chi connectivity index (χ1) is 7.06. The molecule has 1 aromatic rings. The number of rotatable bonds is 4. The number of hydrogen-bond acceptors (Lipinski definition) is 4. The first kappa shape index (κ1) is 11.4. The van der Waals surface area contributed by atoms with Gasteiger partial charge in [0.15, 0.2) is 0 Å². The molecule has 0 aliphatic rings. The second kappa shape index (κ2) is 4.72. The maximum Gasteiger partial charge on any atom is 0.339 e. The third kappa shape index (κ3) is 2.65. The van der Waals surface area contributed by atoms with Crippen molar-refractivity contribution in [2.75, 3.05) is 11.9 Å². The molecule has 1 aromatic heterocycles. The molecule has 82 valence electrons. The van der Waals surface area contributed by atoms with E-state index in [0.29, 0.717) is 18.2 Å². The van der Waals surface area contributed by atoms with Crippen molar-refractivity contribution in [3.05, 3.63) is 17.5 Å². The molecule has 0 aliphatic carbocycles. The largest absolute Gasteiger partial charge is 0.478 e. The van der Waals surface area contributed by atoms with Crippen molar-refractivity contribution in [2.45, 2.75) is 26.7 Å². The van der Waals surface area contributed by atoms with Crippen LogP contribution < -0.4 is 5.32 Å². The van der Waals surface area contributed by atoms with Gasteiger partial charge in [-0.15, -0.1) is 0 Å². The van der Waals surface area contributed by atoms with Crippen LogP contribution in [-0.2, 0) is 0 Å². The first-order valence-electron chi connectivity index (χ1n) is 4.90. The van der Waals surface area contributed by atoms with Crippen LogP contribution in [0.4, 0.5) is 5.95 Å². The lowest BCUT2D eigenvalue weighted by molar-refractivity contribution is 0.0694. The van der Waals surface area contributed by atoms with Crippen LogP contribution in [0, 0.1) is 0 Å². The minimum absolute atomic E-state index is 0.0662. The first-order valence-corrected chi connectivity index (χ1v) is 4.90. The van der Waals surface area contributed by atoms with E-state index in [0.717, 1.165) is 0 Å². The fraction of sp³-hybridized carbons (Fsp3) is 0.500. The van der Waals surface area contributed by atoms with Gasteiger partial charge in [-0.05, 0) is 12.8 Å². The lowest BCUT2D eigenvalue weighted by Crippen LogP contribution is -2.11. The van der Waals surface area contributed by atoms with Gasteiger partial charge in [0, 0.05) is 12.7 Å². The Hall–Kier alpha value is -1.65. The molecule has 1 rings (SSSR count). The average Bonchev–Trinajstić information content (AvgIpc) is 2.17. The molecule has 5 heteroatoms. The maximum atomic E-state index is 10.9. The molecular formula is C10H15N3O2. The number of aromatic carboxylic acids is 1. The predicted octanol–water partition coefficient (Wildman–Crippen LogP) is 1.73. The molecule has 15 heavy (non-hydrogen) atoms. The van der Waals surface area contributed by atoms with Crippen molar-refractivity contribution in [2.24, 2.45) is 0 Å². The summed E-state index contributed by atoms with van der Waals surface area (Å²) in [7, 11) is 0. The normalized spacial score (nSPS) is 10.4. The van der Waals surface area contributed by atoms with E-state index in [1.54, 1.807) is 0 Å². The van der Waals surface area contributed by atoms with Crippen molar-refractivity contribution in [1.82, 2.24) is 9.97 Å². The van der Waals surface area contributed by atoms with Crippen molar-refractivity contribution >= 4 is 11.9 Å². The summed E-state index contributed by atoms with van der Waals surface area (Å²) in [6, 6.07) is 0. The zero-order chi connectivity index (χ0) is 11.4. The average molecular weight is 209 g/mol. The Balaban J connectivity index is 3.15. The number of carboxylic acid groups (broad SMARTS) is 1. The van der Waals surface area contributed by atoms with E-state index < -0.39 is 5.97 Å². The Kier molecular flexibility index (Phi) is 3.60. The number of aromatic nitrogens is 2. The monoisotopic (exact) mass is 209 g/mol. The SMILES string of the molecule is CCNc1ncc(C(=O)O)c(C(C)C)n1. The predicted molar refractivity (Wildman–Crippen MR) is 57.2 cm³/mol. The van der Waals surface area contributed by atoms with Gasteiger partial charge in [0.1, 0.15) is 0 Å². The van der Waals surface area contributed by atoms with Crippen LogP contribution in [0.1, 0.15) is 42.7 Å². The summed E-state index contributed by atoms with van der Waals surface area (Å²) in [6.07, 6.45) is 1.35.